The number of ether oxygens (including phenoxy) is 1. The topological polar surface area (TPSA) is 63.7 Å². The Kier molecular flexibility index (Phi) is 5.73. The molecule has 0 fully saturated rings. The molecule has 19 heavy (non-hydrogen) atoms. The molecular weight excluding hydrogens is 246 g/mol. The average molecular weight is 263 g/mol. The van der Waals surface area contributed by atoms with Crippen molar-refractivity contribution < 1.29 is 19.1 Å². The van der Waals surface area contributed by atoms with Crippen molar-refractivity contribution in [2.75, 3.05) is 13.7 Å². The van der Waals surface area contributed by atoms with Gasteiger partial charge >= 0.3 is 5.97 Å². The van der Waals surface area contributed by atoms with Crippen LogP contribution in [-0.2, 0) is 25.7 Å². The Balaban J connectivity index is 2.77. The van der Waals surface area contributed by atoms with Gasteiger partial charge in [0.25, 0.3) is 0 Å². The monoisotopic (exact) mass is 263 g/mol. The number of methoxy groups -OCH3 is 1. The molecule has 0 aliphatic heterocycles. The molecule has 0 heterocycles. The normalized spacial score (nSPS) is 9.79. The largest absolute Gasteiger partial charge is 0.468 e. The predicted octanol–water partition coefficient (Wildman–Crippen LogP) is 1.17. The molecule has 1 aromatic carbocycles. The van der Waals surface area contributed by atoms with Crippen LogP contribution < -0.4 is 0 Å². The van der Waals surface area contributed by atoms with Gasteiger partial charge in [0, 0.05) is 6.54 Å². The molecule has 5 nitrogen and oxygen atoms in total. The number of ketones is 1. The highest BCUT2D eigenvalue weighted by atomic mass is 16.5. The summed E-state index contributed by atoms with van der Waals surface area (Å²) in [5.41, 5.74) is 0.892. The molecule has 0 N–H and O–H groups in total. The third kappa shape index (κ3) is 5.33. The van der Waals surface area contributed by atoms with Crippen LogP contribution in [0.5, 0.6) is 0 Å². The molecule has 0 bridgehead atoms. The van der Waals surface area contributed by atoms with Gasteiger partial charge < -0.3 is 9.64 Å². The average Bonchev–Trinajstić information content (AvgIpc) is 2.38. The predicted molar refractivity (Wildman–Crippen MR) is 69.2 cm³/mol. The molecule has 1 amide bonds. The van der Waals surface area contributed by atoms with Crippen LogP contribution in [0.1, 0.15) is 18.9 Å². The van der Waals surface area contributed by atoms with Crippen LogP contribution >= 0.6 is 0 Å². The standard InChI is InChI=1S/C14H17NO4/c1-11(16)8-13(17)15(10-14(18)19-2)9-12-6-4-3-5-7-12/h3-7H,8-10H2,1-2H3. The maximum absolute atomic E-state index is 11.9. The zero-order valence-corrected chi connectivity index (χ0v) is 11.1. The van der Waals surface area contributed by atoms with Crippen molar-refractivity contribution >= 4 is 17.7 Å². The highest BCUT2D eigenvalue weighted by molar-refractivity contribution is 5.97. The van der Waals surface area contributed by atoms with Crippen molar-refractivity contribution in [3.63, 3.8) is 0 Å². The number of rotatable bonds is 6. The SMILES string of the molecule is COC(=O)CN(Cc1ccccc1)C(=O)CC(C)=O. The number of amides is 1. The van der Waals surface area contributed by atoms with Crippen molar-refractivity contribution in [2.45, 2.75) is 19.9 Å². The van der Waals surface area contributed by atoms with Gasteiger partial charge in [0.15, 0.2) is 0 Å². The minimum atomic E-state index is -0.507. The molecule has 0 atom stereocenters. The van der Waals surface area contributed by atoms with Crippen LogP contribution in [0.2, 0.25) is 0 Å². The van der Waals surface area contributed by atoms with Crippen molar-refractivity contribution in [3.05, 3.63) is 35.9 Å². The smallest absolute Gasteiger partial charge is 0.325 e. The number of hydrogen-bond acceptors (Lipinski definition) is 4. The number of Topliss-reactive ketones (excluding diaryl/α,β-unsaturated/α-hetero) is 1. The number of carbonyl (C=O) groups is 3. The first-order chi connectivity index (χ1) is 9.02. The van der Waals surface area contributed by atoms with E-state index in [4.69, 9.17) is 0 Å². The molecule has 0 aromatic heterocycles. The summed E-state index contributed by atoms with van der Waals surface area (Å²) in [5, 5.41) is 0. The van der Waals surface area contributed by atoms with E-state index in [1.165, 1.54) is 18.9 Å². The fraction of sp³-hybridized carbons (Fsp3) is 0.357. The Morgan fingerprint density at radius 1 is 1.16 bits per heavy atom. The summed E-state index contributed by atoms with van der Waals surface area (Å²) in [6.45, 7) is 1.47. The summed E-state index contributed by atoms with van der Waals surface area (Å²) < 4.78 is 4.56. The summed E-state index contributed by atoms with van der Waals surface area (Å²) in [6, 6.07) is 9.27. The zero-order chi connectivity index (χ0) is 14.3. The molecule has 0 saturated heterocycles. The van der Waals surface area contributed by atoms with Gasteiger partial charge in [-0.15, -0.1) is 0 Å². The van der Waals surface area contributed by atoms with E-state index < -0.39 is 5.97 Å². The number of benzene rings is 1. The molecule has 5 heteroatoms. The van der Waals surface area contributed by atoms with Gasteiger partial charge in [-0.25, -0.2) is 0 Å². The molecule has 0 aliphatic rings. The first-order valence-corrected chi connectivity index (χ1v) is 5.91. The summed E-state index contributed by atoms with van der Waals surface area (Å²) in [6.07, 6.45) is -0.205. The number of carbonyl (C=O) groups excluding carboxylic acids is 3. The van der Waals surface area contributed by atoms with E-state index in [1.54, 1.807) is 0 Å². The Bertz CT molecular complexity index is 456. The van der Waals surface area contributed by atoms with Gasteiger partial charge in [0.2, 0.25) is 5.91 Å². The Morgan fingerprint density at radius 2 is 1.79 bits per heavy atom. The van der Waals surface area contributed by atoms with Crippen LogP contribution in [-0.4, -0.2) is 36.2 Å². The van der Waals surface area contributed by atoms with E-state index in [0.717, 1.165) is 5.56 Å². The minimum Gasteiger partial charge on any atom is -0.468 e. The number of nitrogens with zero attached hydrogens (tertiary/aromatic N) is 1. The van der Waals surface area contributed by atoms with Crippen molar-refractivity contribution in [3.8, 4) is 0 Å². The lowest BCUT2D eigenvalue weighted by molar-refractivity contribution is -0.148. The third-order valence-electron chi connectivity index (χ3n) is 2.52. The number of hydrogen-bond donors (Lipinski definition) is 0. The molecule has 0 aliphatic carbocycles. The van der Waals surface area contributed by atoms with E-state index in [0.29, 0.717) is 0 Å². The first kappa shape index (κ1) is 14.9. The molecule has 0 radical (unpaired) electrons. The fourth-order valence-electron chi connectivity index (χ4n) is 1.58. The summed E-state index contributed by atoms with van der Waals surface area (Å²) in [7, 11) is 1.26. The molecule has 102 valence electrons. The van der Waals surface area contributed by atoms with Gasteiger partial charge in [-0.1, -0.05) is 30.3 Å². The molecular formula is C14H17NO4. The number of esters is 1. The lowest BCUT2D eigenvalue weighted by Crippen LogP contribution is -2.36. The highest BCUT2D eigenvalue weighted by Gasteiger charge is 2.19. The second-order valence-corrected chi connectivity index (χ2v) is 4.19. The zero-order valence-electron chi connectivity index (χ0n) is 11.1. The Labute approximate surface area is 112 Å². The van der Waals surface area contributed by atoms with Gasteiger partial charge in [0.1, 0.15) is 12.3 Å². The summed E-state index contributed by atoms with van der Waals surface area (Å²) in [5.74, 6) is -1.11. The van der Waals surface area contributed by atoms with Crippen molar-refractivity contribution in [1.82, 2.24) is 4.90 Å². The second-order valence-electron chi connectivity index (χ2n) is 4.19. The van der Waals surface area contributed by atoms with Gasteiger partial charge in [0.05, 0.1) is 13.5 Å². The maximum atomic E-state index is 11.9. The molecule has 0 unspecified atom stereocenters. The maximum Gasteiger partial charge on any atom is 0.325 e. The van der Waals surface area contributed by atoms with E-state index in [1.807, 2.05) is 30.3 Å². The Morgan fingerprint density at radius 3 is 2.32 bits per heavy atom. The van der Waals surface area contributed by atoms with Crippen LogP contribution in [0.25, 0.3) is 0 Å². The second kappa shape index (κ2) is 7.31. The molecule has 1 aromatic rings. The molecule has 0 saturated carbocycles. The van der Waals surface area contributed by atoms with Crippen molar-refractivity contribution in [1.29, 1.82) is 0 Å². The quantitative estimate of drug-likeness (QED) is 0.571. The highest BCUT2D eigenvalue weighted by Crippen LogP contribution is 2.06. The minimum absolute atomic E-state index is 0.155. The van der Waals surface area contributed by atoms with E-state index >= 15 is 0 Å². The molecule has 1 rings (SSSR count). The van der Waals surface area contributed by atoms with Crippen LogP contribution in [0.15, 0.2) is 30.3 Å². The van der Waals surface area contributed by atoms with Crippen LogP contribution in [0, 0.1) is 0 Å². The van der Waals surface area contributed by atoms with Gasteiger partial charge in [-0.2, -0.15) is 0 Å². The van der Waals surface area contributed by atoms with E-state index in [9.17, 15) is 14.4 Å². The molecule has 0 spiro atoms. The van der Waals surface area contributed by atoms with Gasteiger partial charge in [-0.3, -0.25) is 14.4 Å². The fourth-order valence-corrected chi connectivity index (χ4v) is 1.58. The summed E-state index contributed by atoms with van der Waals surface area (Å²) >= 11 is 0. The van der Waals surface area contributed by atoms with Crippen LogP contribution in [0.3, 0.4) is 0 Å². The first-order valence-electron chi connectivity index (χ1n) is 5.91. The van der Waals surface area contributed by atoms with Crippen molar-refractivity contribution in [2.24, 2.45) is 0 Å². The van der Waals surface area contributed by atoms with Gasteiger partial charge in [-0.05, 0) is 12.5 Å². The van der Waals surface area contributed by atoms with E-state index in [2.05, 4.69) is 4.74 Å². The van der Waals surface area contributed by atoms with Crippen LogP contribution in [0.4, 0.5) is 0 Å². The van der Waals surface area contributed by atoms with E-state index in [-0.39, 0.29) is 31.2 Å². The Hall–Kier alpha value is -2.17. The third-order valence-corrected chi connectivity index (χ3v) is 2.52. The lowest BCUT2D eigenvalue weighted by atomic mass is 10.2. The summed E-state index contributed by atoms with van der Waals surface area (Å²) in [4.78, 5) is 35.5. The lowest BCUT2D eigenvalue weighted by Gasteiger charge is -2.21.